The van der Waals surface area contributed by atoms with Gasteiger partial charge in [0.25, 0.3) is 6.01 Å². The monoisotopic (exact) mass is 464 g/mol. The number of nitrogens with zero attached hydrogens (tertiary/aromatic N) is 4. The van der Waals surface area contributed by atoms with Crippen molar-refractivity contribution >= 4 is 6.01 Å². The zero-order valence-electron chi connectivity index (χ0n) is 20.0. The first-order valence-corrected chi connectivity index (χ1v) is 12.1. The summed E-state index contributed by atoms with van der Waals surface area (Å²) in [5.41, 5.74) is 4.27. The lowest BCUT2D eigenvalue weighted by Crippen LogP contribution is -2.46. The molecule has 0 amide bonds. The molecule has 1 atom stereocenters. The van der Waals surface area contributed by atoms with Crippen LogP contribution in [0.3, 0.4) is 0 Å². The van der Waals surface area contributed by atoms with E-state index in [0.717, 1.165) is 57.7 Å². The molecule has 0 spiro atoms. The second-order valence-electron chi connectivity index (χ2n) is 9.60. The fourth-order valence-corrected chi connectivity index (χ4v) is 5.22. The molecule has 1 unspecified atom stereocenters. The Morgan fingerprint density at radius 3 is 2.56 bits per heavy atom. The minimum absolute atomic E-state index is 0.219. The summed E-state index contributed by atoms with van der Waals surface area (Å²) in [6.07, 6.45) is 5.19. The number of benzene rings is 2. The lowest BCUT2D eigenvalue weighted by atomic mass is 9.81. The third-order valence-electron chi connectivity index (χ3n) is 6.99. The highest BCUT2D eigenvalue weighted by Crippen LogP contribution is 2.45. The maximum atomic E-state index is 13.7. The van der Waals surface area contributed by atoms with E-state index in [1.807, 2.05) is 12.1 Å². The topological polar surface area (TPSA) is 45.0 Å². The summed E-state index contributed by atoms with van der Waals surface area (Å²) in [6.45, 7) is 6.25. The van der Waals surface area contributed by atoms with E-state index in [9.17, 15) is 4.39 Å². The molecule has 6 nitrogen and oxygen atoms in total. The molecule has 2 aliphatic rings. The van der Waals surface area contributed by atoms with Gasteiger partial charge >= 0.3 is 0 Å². The highest BCUT2D eigenvalue weighted by molar-refractivity contribution is 5.46. The van der Waals surface area contributed by atoms with Gasteiger partial charge in [-0.15, -0.1) is 0 Å². The molecule has 7 heteroatoms. The largest absolute Gasteiger partial charge is 0.432 e. The van der Waals surface area contributed by atoms with Crippen LogP contribution in [-0.2, 0) is 23.5 Å². The van der Waals surface area contributed by atoms with Crippen molar-refractivity contribution < 1.29 is 13.5 Å². The van der Waals surface area contributed by atoms with Gasteiger partial charge in [0.05, 0.1) is 12.8 Å². The van der Waals surface area contributed by atoms with Crippen molar-refractivity contribution in [2.24, 2.45) is 0 Å². The molecule has 3 aromatic rings. The number of fused-ring (bicyclic) bond motifs is 1. The molecule has 1 fully saturated rings. The van der Waals surface area contributed by atoms with Crippen LogP contribution >= 0.6 is 0 Å². The van der Waals surface area contributed by atoms with Crippen molar-refractivity contribution in [1.82, 2.24) is 14.8 Å². The fraction of sp³-hybridized carbons (Fsp3) is 0.444. The van der Waals surface area contributed by atoms with Crippen molar-refractivity contribution in [2.75, 3.05) is 51.7 Å². The molecule has 1 aromatic heterocycles. The summed E-state index contributed by atoms with van der Waals surface area (Å²) in [6, 6.07) is 14.3. The summed E-state index contributed by atoms with van der Waals surface area (Å²) in [4.78, 5) is 11.1. The van der Waals surface area contributed by atoms with Crippen molar-refractivity contribution in [3.8, 4) is 0 Å². The van der Waals surface area contributed by atoms with Crippen molar-refractivity contribution in [3.63, 3.8) is 0 Å². The van der Waals surface area contributed by atoms with E-state index in [0.29, 0.717) is 12.6 Å². The second kappa shape index (κ2) is 9.86. The van der Waals surface area contributed by atoms with Crippen LogP contribution in [0.2, 0.25) is 0 Å². The summed E-state index contributed by atoms with van der Waals surface area (Å²) in [5, 5.41) is 0. The third-order valence-corrected chi connectivity index (χ3v) is 6.99. The first-order chi connectivity index (χ1) is 16.5. The number of hydrogen-bond donors (Lipinski definition) is 0. The summed E-state index contributed by atoms with van der Waals surface area (Å²) in [5.74, 6) is -0.219. The van der Waals surface area contributed by atoms with Gasteiger partial charge in [-0.2, -0.15) is 0 Å². The van der Waals surface area contributed by atoms with Crippen LogP contribution < -0.4 is 4.90 Å². The van der Waals surface area contributed by atoms with E-state index in [1.165, 1.54) is 28.8 Å². The third kappa shape index (κ3) is 4.73. The van der Waals surface area contributed by atoms with Crippen molar-refractivity contribution in [2.45, 2.75) is 31.6 Å². The molecular formula is C27H33FN4O2. The van der Waals surface area contributed by atoms with E-state index < -0.39 is 5.60 Å². The smallest absolute Gasteiger partial charge is 0.297 e. The van der Waals surface area contributed by atoms with Crippen molar-refractivity contribution in [3.05, 3.63) is 83.0 Å². The number of hydrogen-bond acceptors (Lipinski definition) is 6. The predicted octanol–water partition coefficient (Wildman–Crippen LogP) is 4.25. The van der Waals surface area contributed by atoms with Gasteiger partial charge in [-0.05, 0) is 67.9 Å². The average Bonchev–Trinajstić information content (AvgIpc) is 3.49. The minimum atomic E-state index is -0.515. The van der Waals surface area contributed by atoms with E-state index in [2.05, 4.69) is 52.0 Å². The molecule has 3 heterocycles. The Labute approximate surface area is 200 Å². The number of halogens is 1. The quantitative estimate of drug-likeness (QED) is 0.497. The molecule has 0 saturated carbocycles. The molecular weight excluding hydrogens is 431 g/mol. The fourth-order valence-electron chi connectivity index (χ4n) is 5.22. The Balaban J connectivity index is 1.31. The molecule has 34 heavy (non-hydrogen) atoms. The van der Waals surface area contributed by atoms with Crippen LogP contribution in [0.25, 0.3) is 0 Å². The molecule has 0 N–H and O–H groups in total. The Hall–Kier alpha value is -2.74. The number of piperazine rings is 1. The van der Waals surface area contributed by atoms with Gasteiger partial charge in [0.2, 0.25) is 0 Å². The number of rotatable bonds is 8. The molecule has 2 aromatic carbocycles. The maximum Gasteiger partial charge on any atom is 0.297 e. The summed E-state index contributed by atoms with van der Waals surface area (Å²) in [7, 11) is 4.18. The average molecular weight is 465 g/mol. The molecule has 180 valence electrons. The zero-order chi connectivity index (χ0) is 23.5. The Morgan fingerprint density at radius 1 is 1.06 bits per heavy atom. The SMILES string of the molecule is CN(C)CCCC1(c2ccc(F)cc2)OCc2cc(CN3CCN(c4ncco4)CC3)ccc21. The summed E-state index contributed by atoms with van der Waals surface area (Å²) < 4.78 is 25.6. The van der Waals surface area contributed by atoms with Gasteiger partial charge in [-0.25, -0.2) is 9.37 Å². The van der Waals surface area contributed by atoms with Crippen LogP contribution in [0.4, 0.5) is 10.4 Å². The van der Waals surface area contributed by atoms with E-state index in [-0.39, 0.29) is 5.82 Å². The van der Waals surface area contributed by atoms with E-state index in [4.69, 9.17) is 9.15 Å². The van der Waals surface area contributed by atoms with E-state index in [1.54, 1.807) is 12.5 Å². The van der Waals surface area contributed by atoms with Crippen LogP contribution in [0.1, 0.15) is 35.1 Å². The highest BCUT2D eigenvalue weighted by atomic mass is 19.1. The number of oxazole rings is 1. The van der Waals surface area contributed by atoms with Gasteiger partial charge < -0.3 is 19.0 Å². The highest BCUT2D eigenvalue weighted by Gasteiger charge is 2.41. The first-order valence-electron chi connectivity index (χ1n) is 12.1. The Kier molecular flexibility index (Phi) is 6.68. The lowest BCUT2D eigenvalue weighted by molar-refractivity contribution is -0.0140. The number of anilines is 1. The zero-order valence-corrected chi connectivity index (χ0v) is 20.0. The molecule has 2 aliphatic heterocycles. The second-order valence-corrected chi connectivity index (χ2v) is 9.60. The van der Waals surface area contributed by atoms with Gasteiger partial charge in [0, 0.05) is 32.7 Å². The Morgan fingerprint density at radius 2 is 1.85 bits per heavy atom. The molecule has 1 saturated heterocycles. The van der Waals surface area contributed by atoms with Crippen molar-refractivity contribution in [1.29, 1.82) is 0 Å². The van der Waals surface area contributed by atoms with Crippen LogP contribution in [0, 0.1) is 5.82 Å². The van der Waals surface area contributed by atoms with Gasteiger partial charge in [-0.1, -0.05) is 30.3 Å². The summed E-state index contributed by atoms with van der Waals surface area (Å²) >= 11 is 0. The minimum Gasteiger partial charge on any atom is -0.432 e. The van der Waals surface area contributed by atoms with Crippen LogP contribution in [0.5, 0.6) is 0 Å². The van der Waals surface area contributed by atoms with Crippen LogP contribution in [-0.4, -0.2) is 61.6 Å². The van der Waals surface area contributed by atoms with Gasteiger partial charge in [0.15, 0.2) is 0 Å². The molecule has 0 aliphatic carbocycles. The number of ether oxygens (including phenoxy) is 1. The first kappa shape index (κ1) is 23.0. The molecule has 0 bridgehead atoms. The maximum absolute atomic E-state index is 13.7. The predicted molar refractivity (Wildman–Crippen MR) is 130 cm³/mol. The van der Waals surface area contributed by atoms with Gasteiger partial charge in [-0.3, -0.25) is 4.90 Å². The normalized spacial score (nSPS) is 20.8. The number of aromatic nitrogens is 1. The van der Waals surface area contributed by atoms with Gasteiger partial charge in [0.1, 0.15) is 17.7 Å². The standard InChI is InChI=1S/C27H33FN4O2/c1-30(2)12-3-10-27(23-5-7-24(28)8-6-23)25-9-4-21(18-22(25)20-34-27)19-31-13-15-32(16-14-31)26-29-11-17-33-26/h4-9,11,17-18H,3,10,12-16,19-20H2,1-2H3. The Bertz CT molecular complexity index is 1080. The van der Waals surface area contributed by atoms with Crippen LogP contribution in [0.15, 0.2) is 59.3 Å². The molecule has 5 rings (SSSR count). The van der Waals surface area contributed by atoms with E-state index >= 15 is 0 Å². The lowest BCUT2D eigenvalue weighted by Gasteiger charge is -2.34. The molecule has 0 radical (unpaired) electrons.